The number of likely N-dealkylation sites (tertiary alicyclic amines) is 1. The normalized spacial score (nSPS) is 14.2. The van der Waals surface area contributed by atoms with E-state index in [2.05, 4.69) is 15.0 Å². The van der Waals surface area contributed by atoms with Gasteiger partial charge in [-0.1, -0.05) is 0 Å². The van der Waals surface area contributed by atoms with Crippen molar-refractivity contribution in [2.45, 2.75) is 32.8 Å². The standard InChI is InChI=1S/C20H24N4O5/c1-20(2,3)29-19(27)24-11-13(12-24)6-7-28-17-5-4-14(8-22-17)15-9-21-10-16(23-15)18(25)26/h4-5,8-10,13H,6-7,11-12H2,1-3H3,(H,25,26). The quantitative estimate of drug-likeness (QED) is 0.787. The average molecular weight is 400 g/mol. The van der Waals surface area contributed by atoms with Gasteiger partial charge in [-0.2, -0.15) is 0 Å². The summed E-state index contributed by atoms with van der Waals surface area (Å²) in [6.45, 7) is 7.39. The van der Waals surface area contributed by atoms with Crippen LogP contribution in [0.5, 0.6) is 5.88 Å². The molecule has 2 aromatic rings. The van der Waals surface area contributed by atoms with Crippen molar-refractivity contribution in [1.29, 1.82) is 0 Å². The zero-order valence-corrected chi connectivity index (χ0v) is 16.7. The van der Waals surface area contributed by atoms with Gasteiger partial charge in [0.15, 0.2) is 5.69 Å². The van der Waals surface area contributed by atoms with Crippen molar-refractivity contribution in [3.8, 4) is 17.1 Å². The minimum absolute atomic E-state index is 0.122. The number of carboxylic acid groups (broad SMARTS) is 1. The summed E-state index contributed by atoms with van der Waals surface area (Å²) in [5.41, 5.74) is 0.480. The van der Waals surface area contributed by atoms with Gasteiger partial charge in [0.2, 0.25) is 5.88 Å². The van der Waals surface area contributed by atoms with Gasteiger partial charge in [0.1, 0.15) is 5.60 Å². The van der Waals surface area contributed by atoms with Crippen LogP contribution in [0.1, 0.15) is 37.7 Å². The molecule has 154 valence electrons. The molecule has 1 saturated heterocycles. The Hall–Kier alpha value is -3.23. The van der Waals surface area contributed by atoms with Gasteiger partial charge in [0.25, 0.3) is 0 Å². The molecule has 0 bridgehead atoms. The van der Waals surface area contributed by atoms with E-state index in [0.717, 1.165) is 6.42 Å². The van der Waals surface area contributed by atoms with E-state index >= 15 is 0 Å². The highest BCUT2D eigenvalue weighted by atomic mass is 16.6. The number of amides is 1. The first-order chi connectivity index (χ1) is 13.7. The molecule has 0 aromatic carbocycles. The van der Waals surface area contributed by atoms with E-state index in [1.54, 1.807) is 23.2 Å². The van der Waals surface area contributed by atoms with E-state index < -0.39 is 11.6 Å². The highest BCUT2D eigenvalue weighted by molar-refractivity contribution is 5.85. The number of hydrogen-bond acceptors (Lipinski definition) is 7. The number of pyridine rings is 1. The molecule has 1 amide bonds. The number of carboxylic acids is 1. The maximum absolute atomic E-state index is 11.9. The topological polar surface area (TPSA) is 115 Å². The first-order valence-electron chi connectivity index (χ1n) is 9.34. The number of aromatic nitrogens is 3. The second-order valence-corrected chi connectivity index (χ2v) is 7.87. The SMILES string of the molecule is CC(C)(C)OC(=O)N1CC(CCOc2ccc(-c3cncc(C(=O)O)n3)cn2)C1. The Morgan fingerprint density at radius 3 is 2.59 bits per heavy atom. The summed E-state index contributed by atoms with van der Waals surface area (Å²) in [5.74, 6) is -0.274. The number of rotatable bonds is 6. The number of carbonyl (C=O) groups is 2. The summed E-state index contributed by atoms with van der Waals surface area (Å²) >= 11 is 0. The minimum Gasteiger partial charge on any atom is -0.478 e. The molecule has 1 N–H and O–H groups in total. The van der Waals surface area contributed by atoms with Crippen LogP contribution in [0.15, 0.2) is 30.7 Å². The first-order valence-corrected chi connectivity index (χ1v) is 9.34. The first kappa shape index (κ1) is 20.5. The molecular formula is C20H24N4O5. The van der Waals surface area contributed by atoms with Crippen molar-refractivity contribution in [2.24, 2.45) is 5.92 Å². The van der Waals surface area contributed by atoms with Crippen molar-refractivity contribution < 1.29 is 24.2 Å². The van der Waals surface area contributed by atoms with Crippen LogP contribution in [0.25, 0.3) is 11.3 Å². The predicted octanol–water partition coefficient (Wildman–Crippen LogP) is 2.87. The van der Waals surface area contributed by atoms with Crippen molar-refractivity contribution in [3.63, 3.8) is 0 Å². The molecule has 9 heteroatoms. The van der Waals surface area contributed by atoms with E-state index in [1.807, 2.05) is 20.8 Å². The smallest absolute Gasteiger partial charge is 0.410 e. The monoisotopic (exact) mass is 400 g/mol. The summed E-state index contributed by atoms with van der Waals surface area (Å²) in [6.07, 6.45) is 4.79. The van der Waals surface area contributed by atoms with Crippen LogP contribution < -0.4 is 4.74 Å². The second-order valence-electron chi connectivity index (χ2n) is 7.87. The molecule has 0 spiro atoms. The van der Waals surface area contributed by atoms with Crippen molar-refractivity contribution in [3.05, 3.63) is 36.4 Å². The average Bonchev–Trinajstić information content (AvgIpc) is 2.62. The summed E-state index contributed by atoms with van der Waals surface area (Å²) in [5, 5.41) is 9.00. The van der Waals surface area contributed by atoms with Crippen molar-refractivity contribution in [2.75, 3.05) is 19.7 Å². The fraction of sp³-hybridized carbons (Fsp3) is 0.450. The van der Waals surface area contributed by atoms with E-state index in [-0.39, 0.29) is 11.8 Å². The van der Waals surface area contributed by atoms with Crippen LogP contribution in [0.3, 0.4) is 0 Å². The summed E-state index contributed by atoms with van der Waals surface area (Å²) < 4.78 is 11.0. The Morgan fingerprint density at radius 2 is 1.97 bits per heavy atom. The zero-order chi connectivity index (χ0) is 21.0. The summed E-state index contributed by atoms with van der Waals surface area (Å²) in [6, 6.07) is 3.46. The molecule has 2 aromatic heterocycles. The highest BCUT2D eigenvalue weighted by Crippen LogP contribution is 2.23. The molecule has 3 rings (SSSR count). The number of hydrogen-bond donors (Lipinski definition) is 1. The molecule has 0 aliphatic carbocycles. The molecular weight excluding hydrogens is 376 g/mol. The highest BCUT2D eigenvalue weighted by Gasteiger charge is 2.33. The summed E-state index contributed by atoms with van der Waals surface area (Å²) in [7, 11) is 0. The fourth-order valence-corrected chi connectivity index (χ4v) is 2.78. The van der Waals surface area contributed by atoms with Crippen LogP contribution in [0.2, 0.25) is 0 Å². The Kier molecular flexibility index (Phi) is 5.95. The molecule has 1 fully saturated rings. The van der Waals surface area contributed by atoms with Gasteiger partial charge in [-0.05, 0) is 39.2 Å². The molecule has 0 atom stereocenters. The maximum Gasteiger partial charge on any atom is 0.410 e. The van der Waals surface area contributed by atoms with Gasteiger partial charge in [-0.15, -0.1) is 0 Å². The molecule has 9 nitrogen and oxygen atoms in total. The third-order valence-electron chi connectivity index (χ3n) is 4.27. The van der Waals surface area contributed by atoms with Crippen LogP contribution >= 0.6 is 0 Å². The van der Waals surface area contributed by atoms with Gasteiger partial charge in [-0.3, -0.25) is 4.98 Å². The lowest BCUT2D eigenvalue weighted by molar-refractivity contribution is -0.00391. The molecule has 29 heavy (non-hydrogen) atoms. The van der Waals surface area contributed by atoms with Gasteiger partial charge < -0.3 is 19.5 Å². The molecule has 0 radical (unpaired) electrons. The Bertz CT molecular complexity index is 873. The minimum atomic E-state index is -1.13. The van der Waals surface area contributed by atoms with E-state index in [4.69, 9.17) is 14.6 Å². The number of aromatic carboxylic acids is 1. The number of nitrogens with zero attached hydrogens (tertiary/aromatic N) is 4. The van der Waals surface area contributed by atoms with E-state index in [1.165, 1.54) is 12.4 Å². The zero-order valence-electron chi connectivity index (χ0n) is 16.7. The second kappa shape index (κ2) is 8.42. The lowest BCUT2D eigenvalue weighted by atomic mass is 9.97. The van der Waals surface area contributed by atoms with Gasteiger partial charge in [-0.25, -0.2) is 19.6 Å². The maximum atomic E-state index is 11.9. The van der Waals surface area contributed by atoms with Gasteiger partial charge in [0, 0.05) is 30.9 Å². The summed E-state index contributed by atoms with van der Waals surface area (Å²) in [4.78, 5) is 36.7. The van der Waals surface area contributed by atoms with Gasteiger partial charge >= 0.3 is 12.1 Å². The lowest BCUT2D eigenvalue weighted by Gasteiger charge is -2.39. The third-order valence-corrected chi connectivity index (χ3v) is 4.27. The van der Waals surface area contributed by atoms with E-state index in [9.17, 15) is 9.59 Å². The Labute approximate surface area is 168 Å². The molecule has 0 saturated carbocycles. The number of carbonyl (C=O) groups excluding carboxylic acids is 1. The largest absolute Gasteiger partial charge is 0.478 e. The van der Waals surface area contributed by atoms with Gasteiger partial charge in [0.05, 0.1) is 24.7 Å². The Morgan fingerprint density at radius 1 is 1.21 bits per heavy atom. The van der Waals surface area contributed by atoms with Crippen molar-refractivity contribution >= 4 is 12.1 Å². The Balaban J connectivity index is 1.43. The lowest BCUT2D eigenvalue weighted by Crippen LogP contribution is -2.51. The third kappa shape index (κ3) is 5.63. The van der Waals surface area contributed by atoms with Crippen molar-refractivity contribution in [1.82, 2.24) is 19.9 Å². The van der Waals surface area contributed by atoms with Crippen LogP contribution in [-0.2, 0) is 4.74 Å². The molecule has 3 heterocycles. The predicted molar refractivity (Wildman–Crippen MR) is 104 cm³/mol. The number of ether oxygens (including phenoxy) is 2. The fourth-order valence-electron chi connectivity index (χ4n) is 2.78. The van der Waals surface area contributed by atoms with Crippen LogP contribution in [0, 0.1) is 5.92 Å². The molecule has 1 aliphatic heterocycles. The van der Waals surface area contributed by atoms with Crippen LogP contribution in [-0.4, -0.2) is 62.3 Å². The van der Waals surface area contributed by atoms with Crippen LogP contribution in [0.4, 0.5) is 4.79 Å². The van der Waals surface area contributed by atoms with E-state index in [0.29, 0.717) is 42.8 Å². The molecule has 0 unspecified atom stereocenters. The molecule has 1 aliphatic rings.